The van der Waals surface area contributed by atoms with Crippen molar-refractivity contribution in [2.24, 2.45) is 0 Å². The van der Waals surface area contributed by atoms with Crippen LogP contribution in [0, 0.1) is 6.92 Å². The molecular weight excluding hydrogens is 282 g/mol. The Morgan fingerprint density at radius 1 is 1.06 bits per heavy atom. The van der Waals surface area contributed by atoms with Crippen LogP contribution in [0.15, 0.2) is 56.7 Å². The van der Waals surface area contributed by atoms with Gasteiger partial charge in [-0.05, 0) is 42.8 Å². The van der Waals surface area contributed by atoms with Gasteiger partial charge in [0, 0.05) is 20.0 Å². The summed E-state index contributed by atoms with van der Waals surface area (Å²) in [6.07, 6.45) is 0. The van der Waals surface area contributed by atoms with E-state index in [2.05, 4.69) is 40.2 Å². The molecule has 1 nitrogen and oxygen atoms in total. The Hall–Kier alpha value is -0.930. The molecule has 0 aliphatic rings. The second-order valence-corrected chi connectivity index (χ2v) is 5.64. The molecule has 2 aromatic rings. The quantitative estimate of drug-likeness (QED) is 0.826. The van der Waals surface area contributed by atoms with E-state index >= 15 is 0 Å². The lowest BCUT2D eigenvalue weighted by Gasteiger charge is -2.05. The largest absolute Gasteiger partial charge is 0.398 e. The number of halogens is 1. The lowest BCUT2D eigenvalue weighted by Crippen LogP contribution is -1.88. The van der Waals surface area contributed by atoms with Gasteiger partial charge in [0.05, 0.1) is 0 Å². The fourth-order valence-electron chi connectivity index (χ4n) is 1.35. The Morgan fingerprint density at radius 3 is 2.50 bits per heavy atom. The fraction of sp³-hybridized carbons (Fsp3) is 0.0769. The second-order valence-electron chi connectivity index (χ2n) is 3.58. The summed E-state index contributed by atoms with van der Waals surface area (Å²) < 4.78 is 1.09. The molecule has 0 saturated carbocycles. The summed E-state index contributed by atoms with van der Waals surface area (Å²) in [6.45, 7) is 2.02. The molecule has 0 aliphatic carbocycles. The first-order valence-electron chi connectivity index (χ1n) is 4.95. The van der Waals surface area contributed by atoms with Gasteiger partial charge in [0.2, 0.25) is 0 Å². The molecule has 0 aliphatic heterocycles. The minimum absolute atomic E-state index is 0.847. The highest BCUT2D eigenvalue weighted by atomic mass is 79.9. The number of rotatable bonds is 2. The van der Waals surface area contributed by atoms with Gasteiger partial charge in [0.1, 0.15) is 0 Å². The monoisotopic (exact) mass is 293 g/mol. The maximum atomic E-state index is 5.88. The van der Waals surface area contributed by atoms with Crippen molar-refractivity contribution in [3.05, 3.63) is 52.5 Å². The number of nitrogens with two attached hydrogens (primary N) is 1. The second kappa shape index (κ2) is 4.93. The summed E-state index contributed by atoms with van der Waals surface area (Å²) in [4.78, 5) is 2.37. The van der Waals surface area contributed by atoms with E-state index < -0.39 is 0 Å². The fourth-order valence-corrected chi connectivity index (χ4v) is 2.83. The van der Waals surface area contributed by atoms with Crippen LogP contribution in [0.2, 0.25) is 0 Å². The predicted molar refractivity (Wildman–Crippen MR) is 73.9 cm³/mol. The highest BCUT2D eigenvalue weighted by molar-refractivity contribution is 9.10. The van der Waals surface area contributed by atoms with Crippen molar-refractivity contribution in [2.75, 3.05) is 5.73 Å². The van der Waals surface area contributed by atoms with E-state index in [-0.39, 0.29) is 0 Å². The Balaban J connectivity index is 2.24. The van der Waals surface area contributed by atoms with E-state index in [0.29, 0.717) is 0 Å². The number of hydrogen-bond acceptors (Lipinski definition) is 2. The molecule has 2 aromatic carbocycles. The summed E-state index contributed by atoms with van der Waals surface area (Å²) in [5.41, 5.74) is 7.85. The van der Waals surface area contributed by atoms with Crippen molar-refractivity contribution in [3.8, 4) is 0 Å². The number of benzene rings is 2. The molecule has 16 heavy (non-hydrogen) atoms. The van der Waals surface area contributed by atoms with E-state index in [1.165, 1.54) is 9.79 Å². The maximum Gasteiger partial charge on any atom is 0.0355 e. The molecule has 82 valence electrons. The maximum absolute atomic E-state index is 5.88. The SMILES string of the molecule is Cc1ccc(Sc2cccc(Br)c2)cc1N. The van der Waals surface area contributed by atoms with Gasteiger partial charge in [0.15, 0.2) is 0 Å². The van der Waals surface area contributed by atoms with E-state index in [4.69, 9.17) is 5.73 Å². The molecule has 0 fully saturated rings. The zero-order chi connectivity index (χ0) is 11.5. The van der Waals surface area contributed by atoms with Gasteiger partial charge in [-0.25, -0.2) is 0 Å². The topological polar surface area (TPSA) is 26.0 Å². The van der Waals surface area contributed by atoms with Gasteiger partial charge < -0.3 is 5.73 Å². The lowest BCUT2D eigenvalue weighted by atomic mass is 10.2. The van der Waals surface area contributed by atoms with Crippen molar-refractivity contribution in [1.29, 1.82) is 0 Å². The normalized spacial score (nSPS) is 10.4. The molecule has 0 aromatic heterocycles. The molecule has 0 bridgehead atoms. The average Bonchev–Trinajstić information content (AvgIpc) is 2.24. The number of hydrogen-bond donors (Lipinski definition) is 1. The van der Waals surface area contributed by atoms with Crippen molar-refractivity contribution in [1.82, 2.24) is 0 Å². The van der Waals surface area contributed by atoms with Crippen molar-refractivity contribution in [2.45, 2.75) is 16.7 Å². The van der Waals surface area contributed by atoms with Crippen LogP contribution in [-0.4, -0.2) is 0 Å². The summed E-state index contributed by atoms with van der Waals surface area (Å²) in [7, 11) is 0. The third-order valence-corrected chi connectivity index (χ3v) is 3.76. The standard InChI is InChI=1S/C13H12BrNS/c1-9-5-6-12(8-13(9)15)16-11-4-2-3-10(14)7-11/h2-8H,15H2,1H3. The van der Waals surface area contributed by atoms with Crippen LogP contribution in [-0.2, 0) is 0 Å². The zero-order valence-corrected chi connectivity index (χ0v) is 11.3. The Kier molecular flexibility index (Phi) is 3.56. The molecule has 0 amide bonds. The van der Waals surface area contributed by atoms with Gasteiger partial charge in [-0.3, -0.25) is 0 Å². The van der Waals surface area contributed by atoms with Crippen molar-refractivity contribution in [3.63, 3.8) is 0 Å². The molecule has 0 spiro atoms. The Morgan fingerprint density at radius 2 is 1.81 bits per heavy atom. The first-order chi connectivity index (χ1) is 7.65. The molecular formula is C13H12BrNS. The van der Waals surface area contributed by atoms with E-state index in [0.717, 1.165) is 15.7 Å². The van der Waals surface area contributed by atoms with Crippen LogP contribution in [0.5, 0.6) is 0 Å². The van der Waals surface area contributed by atoms with Crippen LogP contribution in [0.3, 0.4) is 0 Å². The molecule has 2 N–H and O–H groups in total. The third-order valence-electron chi connectivity index (χ3n) is 2.28. The van der Waals surface area contributed by atoms with Gasteiger partial charge in [-0.2, -0.15) is 0 Å². The van der Waals surface area contributed by atoms with Crippen LogP contribution >= 0.6 is 27.7 Å². The smallest absolute Gasteiger partial charge is 0.0355 e. The lowest BCUT2D eigenvalue weighted by molar-refractivity contribution is 1.36. The first-order valence-corrected chi connectivity index (χ1v) is 6.55. The predicted octanol–water partition coefficient (Wildman–Crippen LogP) is 4.49. The number of nitrogen functional groups attached to an aromatic ring is 1. The van der Waals surface area contributed by atoms with E-state index in [1.54, 1.807) is 11.8 Å². The molecule has 2 rings (SSSR count). The highest BCUT2D eigenvalue weighted by Gasteiger charge is 2.00. The molecule has 0 heterocycles. The van der Waals surface area contributed by atoms with Crippen molar-refractivity contribution < 1.29 is 0 Å². The van der Waals surface area contributed by atoms with E-state index in [1.807, 2.05) is 25.1 Å². The molecule has 0 saturated heterocycles. The number of aryl methyl sites for hydroxylation is 1. The summed E-state index contributed by atoms with van der Waals surface area (Å²) in [5, 5.41) is 0. The number of anilines is 1. The summed E-state index contributed by atoms with van der Waals surface area (Å²) in [6, 6.07) is 14.4. The van der Waals surface area contributed by atoms with Crippen LogP contribution in [0.25, 0.3) is 0 Å². The van der Waals surface area contributed by atoms with Gasteiger partial charge in [0.25, 0.3) is 0 Å². The van der Waals surface area contributed by atoms with Crippen molar-refractivity contribution >= 4 is 33.4 Å². The summed E-state index contributed by atoms with van der Waals surface area (Å²) in [5.74, 6) is 0. The van der Waals surface area contributed by atoms with E-state index in [9.17, 15) is 0 Å². The van der Waals surface area contributed by atoms with Crippen LogP contribution in [0.1, 0.15) is 5.56 Å². The van der Waals surface area contributed by atoms with Crippen LogP contribution < -0.4 is 5.73 Å². The minimum atomic E-state index is 0.847. The molecule has 0 atom stereocenters. The average molecular weight is 294 g/mol. The van der Waals surface area contributed by atoms with Gasteiger partial charge in [-0.15, -0.1) is 0 Å². The summed E-state index contributed by atoms with van der Waals surface area (Å²) >= 11 is 5.18. The third kappa shape index (κ3) is 2.80. The molecule has 0 unspecified atom stereocenters. The molecule has 0 radical (unpaired) electrons. The van der Waals surface area contributed by atoms with Crippen LogP contribution in [0.4, 0.5) is 5.69 Å². The Labute approximate surface area is 108 Å². The van der Waals surface area contributed by atoms with Gasteiger partial charge >= 0.3 is 0 Å². The Bertz CT molecular complexity index is 511. The first kappa shape index (κ1) is 11.6. The van der Waals surface area contributed by atoms with Gasteiger partial charge in [-0.1, -0.05) is 39.8 Å². The zero-order valence-electron chi connectivity index (χ0n) is 8.91. The minimum Gasteiger partial charge on any atom is -0.398 e. The molecule has 3 heteroatoms. The highest BCUT2D eigenvalue weighted by Crippen LogP contribution is 2.31.